The Balaban J connectivity index is 2.56. The number of nitrogens with zero attached hydrogens (tertiary/aromatic N) is 1. The third-order valence-corrected chi connectivity index (χ3v) is 2.76. The van der Waals surface area contributed by atoms with Crippen LogP contribution in [0.3, 0.4) is 0 Å². The van der Waals surface area contributed by atoms with Crippen LogP contribution in [0.1, 0.15) is 19.7 Å². The summed E-state index contributed by atoms with van der Waals surface area (Å²) in [6.45, 7) is 3.93. The van der Waals surface area contributed by atoms with Crippen LogP contribution in [-0.4, -0.2) is 17.1 Å². The van der Waals surface area contributed by atoms with Crippen molar-refractivity contribution in [2.24, 2.45) is 0 Å². The molecule has 0 aliphatic carbocycles. The molecule has 2 aromatic rings. The topological polar surface area (TPSA) is 37.9 Å². The average molecular weight is 225 g/mol. The molecule has 1 N–H and O–H groups in total. The molecule has 4 heteroatoms. The summed E-state index contributed by atoms with van der Waals surface area (Å²) in [6, 6.07) is 5.58. The van der Waals surface area contributed by atoms with E-state index in [1.54, 1.807) is 7.11 Å². The minimum absolute atomic E-state index is 0.411. The highest BCUT2D eigenvalue weighted by Crippen LogP contribution is 2.25. The number of benzene rings is 1. The van der Waals surface area contributed by atoms with Gasteiger partial charge in [0.15, 0.2) is 0 Å². The molecule has 1 aromatic heterocycles. The van der Waals surface area contributed by atoms with Gasteiger partial charge in [0.25, 0.3) is 0 Å². The van der Waals surface area contributed by atoms with E-state index in [2.05, 4.69) is 9.97 Å². The molecule has 3 nitrogen and oxygen atoms in total. The van der Waals surface area contributed by atoms with Crippen LogP contribution in [0.2, 0.25) is 5.02 Å². The largest absolute Gasteiger partial charge is 0.371 e. The van der Waals surface area contributed by atoms with Gasteiger partial charge in [-0.1, -0.05) is 11.6 Å². The van der Waals surface area contributed by atoms with Crippen molar-refractivity contribution >= 4 is 22.6 Å². The van der Waals surface area contributed by atoms with Crippen LogP contribution < -0.4 is 0 Å². The third-order valence-electron chi connectivity index (χ3n) is 2.52. The van der Waals surface area contributed by atoms with Crippen molar-refractivity contribution in [2.75, 3.05) is 7.11 Å². The van der Waals surface area contributed by atoms with E-state index >= 15 is 0 Å². The highest BCUT2D eigenvalue weighted by molar-refractivity contribution is 6.31. The Morgan fingerprint density at radius 2 is 2.13 bits per heavy atom. The second-order valence-electron chi connectivity index (χ2n) is 3.96. The van der Waals surface area contributed by atoms with Crippen molar-refractivity contribution in [3.8, 4) is 0 Å². The summed E-state index contributed by atoms with van der Waals surface area (Å²) >= 11 is 5.90. The second-order valence-corrected chi connectivity index (χ2v) is 4.40. The summed E-state index contributed by atoms with van der Waals surface area (Å²) < 4.78 is 5.36. The number of hydrogen-bond acceptors (Lipinski definition) is 2. The number of fused-ring (bicyclic) bond motifs is 1. The molecule has 0 atom stereocenters. The van der Waals surface area contributed by atoms with Gasteiger partial charge in [0.05, 0.1) is 11.0 Å². The molecule has 0 amide bonds. The van der Waals surface area contributed by atoms with E-state index in [4.69, 9.17) is 16.3 Å². The Kier molecular flexibility index (Phi) is 2.44. The van der Waals surface area contributed by atoms with E-state index < -0.39 is 5.60 Å². The molecule has 2 rings (SSSR count). The molecule has 0 aliphatic rings. The summed E-state index contributed by atoms with van der Waals surface area (Å²) in [5.74, 6) is 0.808. The van der Waals surface area contributed by atoms with Gasteiger partial charge in [-0.05, 0) is 32.0 Å². The zero-order chi connectivity index (χ0) is 11.1. The van der Waals surface area contributed by atoms with E-state index in [9.17, 15) is 0 Å². The normalized spacial score (nSPS) is 12.3. The second kappa shape index (κ2) is 3.51. The van der Waals surface area contributed by atoms with Gasteiger partial charge in [0, 0.05) is 12.1 Å². The smallest absolute Gasteiger partial charge is 0.139 e. The third kappa shape index (κ3) is 1.85. The van der Waals surface area contributed by atoms with Crippen LogP contribution in [0, 0.1) is 0 Å². The number of rotatable bonds is 2. The summed E-state index contributed by atoms with van der Waals surface area (Å²) in [5.41, 5.74) is 1.42. The van der Waals surface area contributed by atoms with Gasteiger partial charge in [-0.15, -0.1) is 0 Å². The van der Waals surface area contributed by atoms with Crippen molar-refractivity contribution in [1.82, 2.24) is 9.97 Å². The maximum atomic E-state index is 5.90. The predicted octanol–water partition coefficient (Wildman–Crippen LogP) is 3.10. The van der Waals surface area contributed by atoms with Gasteiger partial charge in [-0.25, -0.2) is 4.98 Å². The summed E-state index contributed by atoms with van der Waals surface area (Å²) in [7, 11) is 1.67. The number of aromatic amines is 1. The Labute approximate surface area is 93.4 Å². The number of imidazole rings is 1. The fourth-order valence-corrected chi connectivity index (χ4v) is 1.54. The molecule has 80 valence electrons. The van der Waals surface area contributed by atoms with E-state index in [0.717, 1.165) is 16.9 Å². The van der Waals surface area contributed by atoms with Gasteiger partial charge in [0.2, 0.25) is 0 Å². The summed E-state index contributed by atoms with van der Waals surface area (Å²) in [4.78, 5) is 7.66. The van der Waals surface area contributed by atoms with Gasteiger partial charge in [-0.2, -0.15) is 0 Å². The van der Waals surface area contributed by atoms with E-state index in [-0.39, 0.29) is 0 Å². The molecule has 0 spiro atoms. The number of H-pyrrole nitrogens is 1. The number of nitrogens with one attached hydrogen (secondary N) is 1. The highest BCUT2D eigenvalue weighted by Gasteiger charge is 2.23. The Bertz CT molecular complexity index is 490. The molecule has 0 aliphatic heterocycles. The monoisotopic (exact) mass is 224 g/mol. The van der Waals surface area contributed by atoms with Crippen LogP contribution in [0.15, 0.2) is 18.2 Å². The molecule has 1 aromatic carbocycles. The molecule has 15 heavy (non-hydrogen) atoms. The van der Waals surface area contributed by atoms with E-state index in [1.807, 2.05) is 32.0 Å². The number of halogens is 1. The van der Waals surface area contributed by atoms with Crippen LogP contribution >= 0.6 is 11.6 Å². The van der Waals surface area contributed by atoms with Crippen molar-refractivity contribution in [2.45, 2.75) is 19.4 Å². The molecule has 0 saturated heterocycles. The number of hydrogen-bond donors (Lipinski definition) is 1. The predicted molar refractivity (Wildman–Crippen MR) is 61.1 cm³/mol. The molecule has 0 unspecified atom stereocenters. The van der Waals surface area contributed by atoms with Gasteiger partial charge in [0.1, 0.15) is 11.4 Å². The van der Waals surface area contributed by atoms with Gasteiger partial charge in [-0.3, -0.25) is 0 Å². The molecular weight excluding hydrogens is 212 g/mol. The summed E-state index contributed by atoms with van der Waals surface area (Å²) in [5, 5.41) is 0.702. The molecule has 0 bridgehead atoms. The van der Waals surface area contributed by atoms with E-state index in [1.165, 1.54) is 0 Å². The Morgan fingerprint density at radius 1 is 1.40 bits per heavy atom. The first-order chi connectivity index (χ1) is 7.03. The lowest BCUT2D eigenvalue weighted by Gasteiger charge is -2.19. The molecule has 0 fully saturated rings. The number of methoxy groups -OCH3 is 1. The van der Waals surface area contributed by atoms with Crippen LogP contribution in [0.25, 0.3) is 11.0 Å². The lowest BCUT2D eigenvalue weighted by Crippen LogP contribution is -2.21. The van der Waals surface area contributed by atoms with Crippen LogP contribution in [0.5, 0.6) is 0 Å². The highest BCUT2D eigenvalue weighted by atomic mass is 35.5. The zero-order valence-electron chi connectivity index (χ0n) is 8.97. The van der Waals surface area contributed by atoms with Crippen LogP contribution in [-0.2, 0) is 10.3 Å². The Morgan fingerprint density at radius 3 is 2.80 bits per heavy atom. The fraction of sp³-hybridized carbons (Fsp3) is 0.364. The van der Waals surface area contributed by atoms with Crippen molar-refractivity contribution in [3.63, 3.8) is 0 Å². The van der Waals surface area contributed by atoms with E-state index in [0.29, 0.717) is 5.02 Å². The minimum atomic E-state index is -0.411. The van der Waals surface area contributed by atoms with Crippen molar-refractivity contribution < 1.29 is 4.74 Å². The van der Waals surface area contributed by atoms with Gasteiger partial charge < -0.3 is 9.72 Å². The maximum Gasteiger partial charge on any atom is 0.139 e. The van der Waals surface area contributed by atoms with Gasteiger partial charge >= 0.3 is 0 Å². The zero-order valence-corrected chi connectivity index (χ0v) is 9.72. The minimum Gasteiger partial charge on any atom is -0.371 e. The molecule has 1 heterocycles. The number of aromatic nitrogens is 2. The number of ether oxygens (including phenoxy) is 1. The molecule has 0 saturated carbocycles. The summed E-state index contributed by atoms with van der Waals surface area (Å²) in [6.07, 6.45) is 0. The standard InChI is InChI=1S/C11H13ClN2O/c1-11(2,15-3)10-13-8-5-4-7(12)6-9(8)14-10/h4-6H,1-3H3,(H,13,14). The Hall–Kier alpha value is -1.06. The first-order valence-corrected chi connectivity index (χ1v) is 5.11. The fourth-order valence-electron chi connectivity index (χ4n) is 1.36. The maximum absolute atomic E-state index is 5.90. The molecular formula is C11H13ClN2O. The lowest BCUT2D eigenvalue weighted by atomic mass is 10.1. The first kappa shape index (κ1) is 10.5. The first-order valence-electron chi connectivity index (χ1n) is 4.74. The molecule has 0 radical (unpaired) electrons. The van der Waals surface area contributed by atoms with Crippen LogP contribution in [0.4, 0.5) is 0 Å². The SMILES string of the molecule is COC(C)(C)c1nc2ccc(Cl)cc2[nH]1. The van der Waals surface area contributed by atoms with Crippen molar-refractivity contribution in [1.29, 1.82) is 0 Å². The average Bonchev–Trinajstić information content (AvgIpc) is 2.61. The van der Waals surface area contributed by atoms with Crippen molar-refractivity contribution in [3.05, 3.63) is 29.0 Å². The lowest BCUT2D eigenvalue weighted by molar-refractivity contribution is 0.0124. The quantitative estimate of drug-likeness (QED) is 0.851.